The Labute approximate surface area is 84.5 Å². The molecule has 0 saturated heterocycles. The first-order valence-corrected chi connectivity index (χ1v) is 4.94. The highest BCUT2D eigenvalue weighted by Gasteiger charge is 2.14. The van der Waals surface area contributed by atoms with Crippen molar-refractivity contribution in [3.05, 3.63) is 30.0 Å². The zero-order valence-corrected chi connectivity index (χ0v) is 9.20. The third-order valence-corrected chi connectivity index (χ3v) is 2.46. The van der Waals surface area contributed by atoms with Gasteiger partial charge in [0.25, 0.3) is 0 Å². The largest absolute Gasteiger partial charge is 0.266 e. The second-order valence-corrected chi connectivity index (χ2v) is 4.75. The first-order valence-electron chi connectivity index (χ1n) is 4.94. The van der Waals surface area contributed by atoms with Crippen molar-refractivity contribution in [3.63, 3.8) is 0 Å². The molecule has 2 aromatic rings. The van der Waals surface area contributed by atoms with Crippen molar-refractivity contribution in [1.82, 2.24) is 9.78 Å². The van der Waals surface area contributed by atoms with Crippen LogP contribution in [0.25, 0.3) is 10.9 Å². The van der Waals surface area contributed by atoms with E-state index in [1.807, 2.05) is 4.68 Å². The Balaban J connectivity index is 2.69. The minimum absolute atomic E-state index is 0.0610. The Kier molecular flexibility index (Phi) is 1.88. The molecule has 0 aliphatic rings. The summed E-state index contributed by atoms with van der Waals surface area (Å²) in [5, 5.41) is 5.81. The summed E-state index contributed by atoms with van der Waals surface area (Å²) in [6, 6.07) is 6.24. The number of hydrogen-bond acceptors (Lipinski definition) is 1. The van der Waals surface area contributed by atoms with E-state index in [2.05, 4.69) is 57.2 Å². The van der Waals surface area contributed by atoms with E-state index in [1.165, 1.54) is 10.9 Å². The van der Waals surface area contributed by atoms with Crippen LogP contribution in [0.2, 0.25) is 0 Å². The SMILES string of the molecule is Cc1cccc2nn(C(C)(C)C)cc12. The quantitative estimate of drug-likeness (QED) is 0.621. The monoisotopic (exact) mass is 188 g/mol. The maximum Gasteiger partial charge on any atom is 0.0926 e. The van der Waals surface area contributed by atoms with Gasteiger partial charge in [-0.3, -0.25) is 4.68 Å². The van der Waals surface area contributed by atoms with E-state index >= 15 is 0 Å². The summed E-state index contributed by atoms with van der Waals surface area (Å²) in [6.45, 7) is 8.60. The molecule has 0 fully saturated rings. The van der Waals surface area contributed by atoms with Gasteiger partial charge in [-0.15, -0.1) is 0 Å². The number of hydrogen-bond donors (Lipinski definition) is 0. The standard InChI is InChI=1S/C12H16N2/c1-9-6-5-7-11-10(9)8-14(13-11)12(2,3)4/h5-8H,1-4H3. The van der Waals surface area contributed by atoms with Gasteiger partial charge in [0.05, 0.1) is 11.1 Å². The molecule has 1 aromatic heterocycles. The molecule has 74 valence electrons. The lowest BCUT2D eigenvalue weighted by molar-refractivity contribution is 0.358. The van der Waals surface area contributed by atoms with Gasteiger partial charge in [-0.2, -0.15) is 5.10 Å². The second-order valence-electron chi connectivity index (χ2n) is 4.75. The Morgan fingerprint density at radius 3 is 2.50 bits per heavy atom. The lowest BCUT2D eigenvalue weighted by atomic mass is 10.1. The maximum atomic E-state index is 4.56. The predicted octanol–water partition coefficient (Wildman–Crippen LogP) is 3.10. The normalized spacial score (nSPS) is 12.3. The molecule has 1 aromatic carbocycles. The van der Waals surface area contributed by atoms with Crippen molar-refractivity contribution in [2.45, 2.75) is 33.2 Å². The molecule has 0 unspecified atom stereocenters. The first-order chi connectivity index (χ1) is 6.48. The summed E-state index contributed by atoms with van der Waals surface area (Å²) < 4.78 is 2.03. The van der Waals surface area contributed by atoms with Crippen LogP contribution in [0.4, 0.5) is 0 Å². The average molecular weight is 188 g/mol. The molecule has 0 amide bonds. The lowest BCUT2D eigenvalue weighted by Gasteiger charge is -2.18. The third kappa shape index (κ3) is 1.41. The highest BCUT2D eigenvalue weighted by Crippen LogP contribution is 2.21. The summed E-state index contributed by atoms with van der Waals surface area (Å²) in [7, 11) is 0. The zero-order valence-electron chi connectivity index (χ0n) is 9.20. The maximum absolute atomic E-state index is 4.56. The Morgan fingerprint density at radius 1 is 1.21 bits per heavy atom. The van der Waals surface area contributed by atoms with Gasteiger partial charge in [0, 0.05) is 11.6 Å². The molecule has 0 bridgehead atoms. The fourth-order valence-electron chi connectivity index (χ4n) is 1.53. The summed E-state index contributed by atoms with van der Waals surface area (Å²) >= 11 is 0. The zero-order chi connectivity index (χ0) is 10.3. The Hall–Kier alpha value is -1.31. The minimum Gasteiger partial charge on any atom is -0.266 e. The predicted molar refractivity (Wildman–Crippen MR) is 59.5 cm³/mol. The van der Waals surface area contributed by atoms with Crippen molar-refractivity contribution in [3.8, 4) is 0 Å². The van der Waals surface area contributed by atoms with E-state index in [0.717, 1.165) is 5.52 Å². The lowest BCUT2D eigenvalue weighted by Crippen LogP contribution is -2.21. The molecular formula is C12H16N2. The highest BCUT2D eigenvalue weighted by atomic mass is 15.3. The van der Waals surface area contributed by atoms with E-state index in [0.29, 0.717) is 0 Å². The van der Waals surface area contributed by atoms with E-state index < -0.39 is 0 Å². The Bertz CT molecular complexity index is 461. The number of nitrogens with zero attached hydrogens (tertiary/aromatic N) is 2. The van der Waals surface area contributed by atoms with E-state index in [-0.39, 0.29) is 5.54 Å². The van der Waals surface area contributed by atoms with Crippen molar-refractivity contribution < 1.29 is 0 Å². The van der Waals surface area contributed by atoms with Crippen molar-refractivity contribution in [2.24, 2.45) is 0 Å². The van der Waals surface area contributed by atoms with Crippen LogP contribution in [0.15, 0.2) is 24.4 Å². The van der Waals surface area contributed by atoms with E-state index in [9.17, 15) is 0 Å². The smallest absolute Gasteiger partial charge is 0.0926 e. The number of aryl methyl sites for hydroxylation is 1. The summed E-state index contributed by atoms with van der Waals surface area (Å²) in [5.41, 5.74) is 2.43. The molecular weight excluding hydrogens is 172 g/mol. The van der Waals surface area contributed by atoms with Gasteiger partial charge in [0.2, 0.25) is 0 Å². The van der Waals surface area contributed by atoms with Crippen LogP contribution in [0.3, 0.4) is 0 Å². The molecule has 0 atom stereocenters. The molecule has 0 aliphatic heterocycles. The van der Waals surface area contributed by atoms with Gasteiger partial charge >= 0.3 is 0 Å². The number of rotatable bonds is 0. The highest BCUT2D eigenvalue weighted by molar-refractivity contribution is 5.81. The third-order valence-electron chi connectivity index (χ3n) is 2.46. The molecule has 0 saturated carbocycles. The van der Waals surface area contributed by atoms with Crippen LogP contribution in [0.5, 0.6) is 0 Å². The molecule has 0 radical (unpaired) electrons. The van der Waals surface area contributed by atoms with Crippen LogP contribution >= 0.6 is 0 Å². The topological polar surface area (TPSA) is 17.8 Å². The molecule has 1 heterocycles. The van der Waals surface area contributed by atoms with Crippen LogP contribution in [0, 0.1) is 6.92 Å². The summed E-state index contributed by atoms with van der Waals surface area (Å²) in [6.07, 6.45) is 2.13. The molecule has 2 nitrogen and oxygen atoms in total. The molecule has 0 N–H and O–H groups in total. The minimum atomic E-state index is 0.0610. The van der Waals surface area contributed by atoms with E-state index in [4.69, 9.17) is 0 Å². The van der Waals surface area contributed by atoms with Gasteiger partial charge in [-0.1, -0.05) is 12.1 Å². The Morgan fingerprint density at radius 2 is 1.93 bits per heavy atom. The molecule has 2 rings (SSSR count). The number of benzene rings is 1. The molecule has 0 aliphatic carbocycles. The van der Waals surface area contributed by atoms with Gasteiger partial charge in [-0.05, 0) is 39.3 Å². The van der Waals surface area contributed by atoms with Crippen LogP contribution in [-0.4, -0.2) is 9.78 Å². The van der Waals surface area contributed by atoms with Gasteiger partial charge in [0.1, 0.15) is 0 Å². The van der Waals surface area contributed by atoms with Crippen molar-refractivity contribution >= 4 is 10.9 Å². The van der Waals surface area contributed by atoms with E-state index in [1.54, 1.807) is 0 Å². The van der Waals surface area contributed by atoms with Gasteiger partial charge in [0.15, 0.2) is 0 Å². The van der Waals surface area contributed by atoms with Crippen molar-refractivity contribution in [1.29, 1.82) is 0 Å². The molecule has 14 heavy (non-hydrogen) atoms. The van der Waals surface area contributed by atoms with Gasteiger partial charge < -0.3 is 0 Å². The van der Waals surface area contributed by atoms with Crippen LogP contribution in [0.1, 0.15) is 26.3 Å². The average Bonchev–Trinajstić information content (AvgIpc) is 2.48. The molecule has 2 heteroatoms. The van der Waals surface area contributed by atoms with Crippen LogP contribution in [-0.2, 0) is 5.54 Å². The fourth-order valence-corrected chi connectivity index (χ4v) is 1.53. The van der Waals surface area contributed by atoms with Crippen LogP contribution < -0.4 is 0 Å². The second kappa shape index (κ2) is 2.84. The van der Waals surface area contributed by atoms with Gasteiger partial charge in [-0.25, -0.2) is 0 Å². The molecule has 0 spiro atoms. The summed E-state index contributed by atoms with van der Waals surface area (Å²) in [4.78, 5) is 0. The summed E-state index contributed by atoms with van der Waals surface area (Å²) in [5.74, 6) is 0. The first kappa shape index (κ1) is 9.25. The van der Waals surface area contributed by atoms with Crippen molar-refractivity contribution in [2.75, 3.05) is 0 Å². The number of fused-ring (bicyclic) bond motifs is 1. The number of aromatic nitrogens is 2. The fraction of sp³-hybridized carbons (Fsp3) is 0.417.